The molecule has 0 spiro atoms. The molecule has 3 rings (SSSR count). The summed E-state index contributed by atoms with van der Waals surface area (Å²) < 4.78 is 31.7. The van der Waals surface area contributed by atoms with Crippen LogP contribution in [0.3, 0.4) is 0 Å². The second-order valence-corrected chi connectivity index (χ2v) is 9.29. The molecule has 1 N–H and O–H groups in total. The lowest BCUT2D eigenvalue weighted by Crippen LogP contribution is -2.25. The van der Waals surface area contributed by atoms with Crippen molar-refractivity contribution in [2.45, 2.75) is 10.8 Å². The second kappa shape index (κ2) is 8.55. The van der Waals surface area contributed by atoms with Crippen LogP contribution in [0.2, 0.25) is 0 Å². The minimum atomic E-state index is -3.50. The van der Waals surface area contributed by atoms with Crippen molar-refractivity contribution in [2.75, 3.05) is 19.5 Å². The Bertz CT molecular complexity index is 1030. The van der Waals surface area contributed by atoms with E-state index in [0.717, 1.165) is 5.56 Å². The van der Waals surface area contributed by atoms with Crippen LogP contribution in [-0.4, -0.2) is 32.8 Å². The summed E-state index contributed by atoms with van der Waals surface area (Å²) in [6, 6.07) is 17.2. The van der Waals surface area contributed by atoms with Crippen LogP contribution in [0.4, 0.5) is 5.69 Å². The first-order chi connectivity index (χ1) is 13.4. The Morgan fingerprint density at radius 3 is 2.32 bits per heavy atom. The van der Waals surface area contributed by atoms with Gasteiger partial charge in [0.25, 0.3) is 15.9 Å². The van der Waals surface area contributed by atoms with Crippen molar-refractivity contribution in [3.05, 3.63) is 77.2 Å². The predicted molar refractivity (Wildman–Crippen MR) is 110 cm³/mol. The molecule has 0 saturated carbocycles. The van der Waals surface area contributed by atoms with Crippen molar-refractivity contribution in [3.63, 3.8) is 0 Å². The summed E-state index contributed by atoms with van der Waals surface area (Å²) in [7, 11) is -0.382. The van der Waals surface area contributed by atoms with Crippen LogP contribution in [0.25, 0.3) is 0 Å². The molecule has 1 heterocycles. The van der Waals surface area contributed by atoms with Crippen LogP contribution in [0.5, 0.6) is 5.75 Å². The zero-order valence-corrected chi connectivity index (χ0v) is 17.1. The van der Waals surface area contributed by atoms with E-state index in [0.29, 0.717) is 21.2 Å². The van der Waals surface area contributed by atoms with E-state index in [1.807, 2.05) is 0 Å². The Morgan fingerprint density at radius 2 is 1.75 bits per heavy atom. The maximum absolute atomic E-state index is 12.5. The number of nitrogens with one attached hydrogen (secondary N) is 1. The number of sulfonamides is 1. The zero-order valence-electron chi connectivity index (χ0n) is 15.5. The molecule has 6 nitrogen and oxygen atoms in total. The standard InChI is InChI=1S/C20H20N2O4S2/c1-22(28(24,25)19-4-3-13-27-19)14-15-5-7-16(8-6-15)20(23)21-17-9-11-18(26-2)12-10-17/h3-13H,14H2,1-2H3,(H,21,23). The third-order valence-corrected chi connectivity index (χ3v) is 7.31. The summed E-state index contributed by atoms with van der Waals surface area (Å²) in [5.41, 5.74) is 1.95. The third kappa shape index (κ3) is 4.59. The molecule has 28 heavy (non-hydrogen) atoms. The van der Waals surface area contributed by atoms with Crippen molar-refractivity contribution in [1.82, 2.24) is 4.31 Å². The fourth-order valence-corrected chi connectivity index (χ4v) is 4.91. The summed E-state index contributed by atoms with van der Waals surface area (Å²) in [4.78, 5) is 12.4. The van der Waals surface area contributed by atoms with Gasteiger partial charge in [-0.2, -0.15) is 4.31 Å². The van der Waals surface area contributed by atoms with Crippen LogP contribution in [0.15, 0.2) is 70.3 Å². The molecule has 1 aromatic heterocycles. The average molecular weight is 417 g/mol. The van der Waals surface area contributed by atoms with Crippen LogP contribution in [0, 0.1) is 0 Å². The Labute approximate surface area is 168 Å². The molecule has 146 valence electrons. The second-order valence-electron chi connectivity index (χ2n) is 6.07. The Balaban J connectivity index is 1.64. The SMILES string of the molecule is COc1ccc(NC(=O)c2ccc(CN(C)S(=O)(=O)c3cccs3)cc2)cc1. The number of hydrogen-bond acceptors (Lipinski definition) is 5. The van der Waals surface area contributed by atoms with E-state index < -0.39 is 10.0 Å². The average Bonchev–Trinajstić information content (AvgIpc) is 3.25. The van der Waals surface area contributed by atoms with Gasteiger partial charge in [-0.3, -0.25) is 4.79 Å². The van der Waals surface area contributed by atoms with Gasteiger partial charge < -0.3 is 10.1 Å². The van der Waals surface area contributed by atoms with Crippen molar-refractivity contribution in [2.24, 2.45) is 0 Å². The molecule has 0 aliphatic rings. The van der Waals surface area contributed by atoms with Crippen LogP contribution < -0.4 is 10.1 Å². The van der Waals surface area contributed by atoms with Gasteiger partial charge in [0.15, 0.2) is 0 Å². The van der Waals surface area contributed by atoms with Crippen LogP contribution in [0.1, 0.15) is 15.9 Å². The first-order valence-corrected chi connectivity index (χ1v) is 10.8. The van der Waals surface area contributed by atoms with Gasteiger partial charge in [0.05, 0.1) is 7.11 Å². The number of carbonyl (C=O) groups is 1. The summed E-state index contributed by atoms with van der Waals surface area (Å²) >= 11 is 1.19. The minimum Gasteiger partial charge on any atom is -0.497 e. The number of amides is 1. The maximum Gasteiger partial charge on any atom is 0.255 e. The van der Waals surface area contributed by atoms with Crippen molar-refractivity contribution >= 4 is 33.0 Å². The van der Waals surface area contributed by atoms with Crippen molar-refractivity contribution < 1.29 is 17.9 Å². The number of benzene rings is 2. The van der Waals surface area contributed by atoms with Gasteiger partial charge in [-0.25, -0.2) is 8.42 Å². The highest BCUT2D eigenvalue weighted by Gasteiger charge is 2.21. The van der Waals surface area contributed by atoms with Gasteiger partial charge in [-0.15, -0.1) is 11.3 Å². The largest absolute Gasteiger partial charge is 0.497 e. The van der Waals surface area contributed by atoms with Gasteiger partial charge in [-0.1, -0.05) is 18.2 Å². The number of anilines is 1. The van der Waals surface area contributed by atoms with E-state index in [-0.39, 0.29) is 12.5 Å². The summed E-state index contributed by atoms with van der Waals surface area (Å²) in [5.74, 6) is 0.472. The Kier molecular flexibility index (Phi) is 6.13. The zero-order chi connectivity index (χ0) is 20.1. The molecular formula is C20H20N2O4S2. The molecule has 8 heteroatoms. The normalized spacial score (nSPS) is 11.4. The number of carbonyl (C=O) groups excluding carboxylic acids is 1. The fraction of sp³-hybridized carbons (Fsp3) is 0.150. The molecule has 0 bridgehead atoms. The van der Waals surface area contributed by atoms with Gasteiger partial charge in [0.2, 0.25) is 0 Å². The number of hydrogen-bond donors (Lipinski definition) is 1. The highest BCUT2D eigenvalue weighted by molar-refractivity contribution is 7.91. The van der Waals surface area contributed by atoms with Crippen molar-refractivity contribution in [1.29, 1.82) is 0 Å². The minimum absolute atomic E-state index is 0.223. The molecule has 1 amide bonds. The van der Waals surface area contributed by atoms with Gasteiger partial charge in [0, 0.05) is 24.8 Å². The van der Waals surface area contributed by atoms with E-state index in [4.69, 9.17) is 4.74 Å². The van der Waals surface area contributed by atoms with Gasteiger partial charge in [-0.05, 0) is 53.4 Å². The van der Waals surface area contributed by atoms with Gasteiger partial charge in [0.1, 0.15) is 9.96 Å². The number of thiophene rings is 1. The monoisotopic (exact) mass is 416 g/mol. The Morgan fingerprint density at radius 1 is 1.07 bits per heavy atom. The highest BCUT2D eigenvalue weighted by atomic mass is 32.2. The first kappa shape index (κ1) is 20.1. The van der Waals surface area contributed by atoms with E-state index >= 15 is 0 Å². The van der Waals surface area contributed by atoms with E-state index in [9.17, 15) is 13.2 Å². The smallest absolute Gasteiger partial charge is 0.255 e. The molecule has 0 saturated heterocycles. The van der Waals surface area contributed by atoms with E-state index in [1.165, 1.54) is 15.6 Å². The lowest BCUT2D eigenvalue weighted by molar-refractivity contribution is 0.102. The van der Waals surface area contributed by atoms with Crippen LogP contribution in [-0.2, 0) is 16.6 Å². The number of methoxy groups -OCH3 is 1. The summed E-state index contributed by atoms with van der Waals surface area (Å²) in [5, 5.41) is 4.55. The molecule has 0 aliphatic heterocycles. The first-order valence-electron chi connectivity index (χ1n) is 8.44. The molecule has 0 unspecified atom stereocenters. The van der Waals surface area contributed by atoms with Crippen molar-refractivity contribution in [3.8, 4) is 5.75 Å². The van der Waals surface area contributed by atoms with E-state index in [2.05, 4.69) is 5.32 Å². The molecule has 0 radical (unpaired) electrons. The van der Waals surface area contributed by atoms with Gasteiger partial charge >= 0.3 is 0 Å². The summed E-state index contributed by atoms with van der Waals surface area (Å²) in [6.45, 7) is 0.223. The lowest BCUT2D eigenvalue weighted by atomic mass is 10.1. The predicted octanol–water partition coefficient (Wildman–Crippen LogP) is 3.83. The molecule has 0 fully saturated rings. The maximum atomic E-state index is 12.5. The fourth-order valence-electron chi connectivity index (χ4n) is 2.55. The molecule has 0 aliphatic carbocycles. The number of ether oxygens (including phenoxy) is 1. The molecule has 0 atom stereocenters. The van der Waals surface area contributed by atoms with E-state index in [1.54, 1.807) is 80.2 Å². The number of rotatable bonds is 7. The highest BCUT2D eigenvalue weighted by Crippen LogP contribution is 2.21. The lowest BCUT2D eigenvalue weighted by Gasteiger charge is -2.16. The molecular weight excluding hydrogens is 396 g/mol. The van der Waals surface area contributed by atoms with Crippen LogP contribution >= 0.6 is 11.3 Å². The number of nitrogens with zero attached hydrogens (tertiary/aromatic N) is 1. The summed E-state index contributed by atoms with van der Waals surface area (Å²) in [6.07, 6.45) is 0. The molecule has 3 aromatic rings. The Hall–Kier alpha value is -2.68. The topological polar surface area (TPSA) is 75.7 Å². The molecule has 2 aromatic carbocycles. The quantitative estimate of drug-likeness (QED) is 0.635. The third-order valence-electron chi connectivity index (χ3n) is 4.13.